The first-order chi connectivity index (χ1) is 26.1. The van der Waals surface area contributed by atoms with Crippen LogP contribution in [0.15, 0.2) is 169 Å². The molecule has 9 heteroatoms. The SMILES string of the molecule is Fc1cccc(F)c1-c1nn(C(c2ccccc2)(c2ccccc2)C2C=CC=CC2)cc1-c1ccc2ncc(-c3noc(Cc4ccccc4)n3)n2c1. The highest BCUT2D eigenvalue weighted by atomic mass is 19.1. The van der Waals surface area contributed by atoms with Crippen molar-refractivity contribution in [2.75, 3.05) is 0 Å². The summed E-state index contributed by atoms with van der Waals surface area (Å²) < 4.78 is 41.1. The van der Waals surface area contributed by atoms with Crippen LogP contribution in [0.3, 0.4) is 0 Å². The lowest BCUT2D eigenvalue weighted by Crippen LogP contribution is -2.43. The first kappa shape index (κ1) is 32.2. The second-order valence-electron chi connectivity index (χ2n) is 13.0. The molecule has 8 aromatic rings. The molecular weight excluding hydrogens is 667 g/mol. The minimum Gasteiger partial charge on any atom is -0.339 e. The topological polar surface area (TPSA) is 74.0 Å². The third-order valence-corrected chi connectivity index (χ3v) is 9.93. The molecule has 7 nitrogen and oxygen atoms in total. The lowest BCUT2D eigenvalue weighted by Gasteiger charge is -2.41. The van der Waals surface area contributed by atoms with Gasteiger partial charge in [0.2, 0.25) is 11.7 Å². The van der Waals surface area contributed by atoms with E-state index in [4.69, 9.17) is 9.62 Å². The summed E-state index contributed by atoms with van der Waals surface area (Å²) in [6, 6.07) is 37.9. The van der Waals surface area contributed by atoms with E-state index in [1.165, 1.54) is 18.2 Å². The van der Waals surface area contributed by atoms with Crippen LogP contribution in [0.5, 0.6) is 0 Å². The van der Waals surface area contributed by atoms with Crippen molar-refractivity contribution in [1.82, 2.24) is 29.3 Å². The number of benzene rings is 4. The molecule has 1 atom stereocenters. The Balaban J connectivity index is 1.26. The van der Waals surface area contributed by atoms with Gasteiger partial charge in [-0.3, -0.25) is 9.08 Å². The molecular formula is C44H32F2N6O. The average molecular weight is 699 g/mol. The van der Waals surface area contributed by atoms with E-state index in [0.29, 0.717) is 40.6 Å². The number of aromatic nitrogens is 6. The van der Waals surface area contributed by atoms with Gasteiger partial charge in [-0.05, 0) is 47.4 Å². The molecule has 1 aliphatic rings. The van der Waals surface area contributed by atoms with E-state index in [1.807, 2.05) is 112 Å². The summed E-state index contributed by atoms with van der Waals surface area (Å²) in [4.78, 5) is 9.28. The second-order valence-corrected chi connectivity index (χ2v) is 13.0. The maximum Gasteiger partial charge on any atom is 0.231 e. The van der Waals surface area contributed by atoms with Crippen LogP contribution >= 0.6 is 0 Å². The molecule has 4 aromatic heterocycles. The molecule has 0 saturated heterocycles. The van der Waals surface area contributed by atoms with Crippen molar-refractivity contribution in [3.05, 3.63) is 198 Å². The molecule has 4 heterocycles. The summed E-state index contributed by atoms with van der Waals surface area (Å²) in [7, 11) is 0. The normalized spacial score (nSPS) is 14.3. The number of nitrogens with zero attached hydrogens (tertiary/aromatic N) is 6. The fourth-order valence-corrected chi connectivity index (χ4v) is 7.49. The van der Waals surface area contributed by atoms with E-state index in [2.05, 4.69) is 51.5 Å². The fraction of sp³-hybridized carbons (Fsp3) is 0.0909. The smallest absolute Gasteiger partial charge is 0.231 e. The average Bonchev–Trinajstić information content (AvgIpc) is 3.96. The van der Waals surface area contributed by atoms with Crippen molar-refractivity contribution in [3.8, 4) is 33.9 Å². The summed E-state index contributed by atoms with van der Waals surface area (Å²) >= 11 is 0. The Morgan fingerprint density at radius 3 is 2.13 bits per heavy atom. The van der Waals surface area contributed by atoms with Crippen LogP contribution < -0.4 is 0 Å². The Morgan fingerprint density at radius 1 is 0.755 bits per heavy atom. The Kier molecular flexibility index (Phi) is 8.15. The van der Waals surface area contributed by atoms with Crippen LogP contribution in [-0.2, 0) is 12.0 Å². The number of allylic oxidation sites excluding steroid dienone is 4. The monoisotopic (exact) mass is 698 g/mol. The summed E-state index contributed by atoms with van der Waals surface area (Å²) in [6.07, 6.45) is 15.1. The summed E-state index contributed by atoms with van der Waals surface area (Å²) in [5, 5.41) is 9.46. The van der Waals surface area contributed by atoms with Crippen molar-refractivity contribution < 1.29 is 13.3 Å². The number of halogens is 2. The van der Waals surface area contributed by atoms with E-state index in [0.717, 1.165) is 23.1 Å². The number of rotatable bonds is 9. The number of pyridine rings is 1. The zero-order chi connectivity index (χ0) is 35.8. The zero-order valence-corrected chi connectivity index (χ0v) is 28.4. The number of imidazole rings is 1. The van der Waals surface area contributed by atoms with Crippen LogP contribution in [0.4, 0.5) is 8.78 Å². The molecule has 0 fully saturated rings. The number of hydrogen-bond acceptors (Lipinski definition) is 5. The van der Waals surface area contributed by atoms with Crippen molar-refractivity contribution in [2.45, 2.75) is 18.4 Å². The third kappa shape index (κ3) is 5.67. The van der Waals surface area contributed by atoms with Crippen LogP contribution in [0.1, 0.15) is 29.0 Å². The maximum atomic E-state index is 15.8. The third-order valence-electron chi connectivity index (χ3n) is 9.93. The summed E-state index contributed by atoms with van der Waals surface area (Å²) in [5.74, 6) is -0.649. The molecule has 1 aliphatic carbocycles. The van der Waals surface area contributed by atoms with Gasteiger partial charge >= 0.3 is 0 Å². The van der Waals surface area contributed by atoms with E-state index < -0.39 is 17.2 Å². The van der Waals surface area contributed by atoms with Crippen molar-refractivity contribution in [3.63, 3.8) is 0 Å². The van der Waals surface area contributed by atoms with E-state index in [9.17, 15) is 0 Å². The Morgan fingerprint density at radius 2 is 1.45 bits per heavy atom. The molecule has 9 rings (SSSR count). The first-order valence-corrected chi connectivity index (χ1v) is 17.4. The molecule has 1 unspecified atom stereocenters. The lowest BCUT2D eigenvalue weighted by atomic mass is 9.70. The maximum absolute atomic E-state index is 15.8. The van der Waals surface area contributed by atoms with Crippen molar-refractivity contribution in [1.29, 1.82) is 0 Å². The molecule has 258 valence electrons. The Hall–Kier alpha value is -6.74. The highest BCUT2D eigenvalue weighted by Crippen LogP contribution is 2.46. The highest BCUT2D eigenvalue weighted by molar-refractivity contribution is 5.82. The van der Waals surface area contributed by atoms with Gasteiger partial charge in [-0.2, -0.15) is 10.1 Å². The van der Waals surface area contributed by atoms with Gasteiger partial charge in [0.05, 0.1) is 18.2 Å². The highest BCUT2D eigenvalue weighted by Gasteiger charge is 2.44. The standard InChI is InChI=1S/C44H32F2N6O/c45-36-22-13-23-37(46)41(36)42-35(31-24-25-39-47-27-38(51(39)28-31)43-48-40(53-50-43)26-30-14-5-1-6-15-30)29-52(49-42)44(32-16-7-2-8-17-32,33-18-9-3-10-19-33)34-20-11-4-12-21-34/h1-20,22-25,27-29,34H,21,26H2. The van der Waals surface area contributed by atoms with Crippen LogP contribution in [0, 0.1) is 17.6 Å². The number of hydrogen-bond donors (Lipinski definition) is 0. The molecule has 0 saturated carbocycles. The molecule has 0 N–H and O–H groups in total. The molecule has 0 bridgehead atoms. The van der Waals surface area contributed by atoms with Crippen molar-refractivity contribution >= 4 is 5.65 Å². The first-order valence-electron chi connectivity index (χ1n) is 17.4. The van der Waals surface area contributed by atoms with E-state index in [-0.39, 0.29) is 17.2 Å². The van der Waals surface area contributed by atoms with Gasteiger partial charge in [0.1, 0.15) is 34.2 Å². The van der Waals surface area contributed by atoms with Crippen molar-refractivity contribution in [2.24, 2.45) is 5.92 Å². The van der Waals surface area contributed by atoms with Gasteiger partial charge in [-0.15, -0.1) is 0 Å². The summed E-state index contributed by atoms with van der Waals surface area (Å²) in [6.45, 7) is 0. The molecule has 53 heavy (non-hydrogen) atoms. The Bertz CT molecular complexity index is 2550. The zero-order valence-electron chi connectivity index (χ0n) is 28.4. The van der Waals surface area contributed by atoms with Crippen LogP contribution in [0.2, 0.25) is 0 Å². The van der Waals surface area contributed by atoms with E-state index in [1.54, 1.807) is 6.20 Å². The fourth-order valence-electron chi connectivity index (χ4n) is 7.49. The quantitative estimate of drug-likeness (QED) is 0.150. The van der Waals surface area contributed by atoms with Gasteiger partial charge in [0, 0.05) is 29.4 Å². The summed E-state index contributed by atoms with van der Waals surface area (Å²) in [5.41, 5.74) is 4.58. The molecule has 0 spiro atoms. The van der Waals surface area contributed by atoms with Gasteiger partial charge in [0.15, 0.2) is 0 Å². The minimum atomic E-state index is -0.886. The van der Waals surface area contributed by atoms with Gasteiger partial charge in [0.25, 0.3) is 0 Å². The molecule has 0 radical (unpaired) electrons. The van der Waals surface area contributed by atoms with Gasteiger partial charge in [-0.1, -0.05) is 127 Å². The van der Waals surface area contributed by atoms with Crippen LogP contribution in [0.25, 0.3) is 39.5 Å². The molecule has 0 aliphatic heterocycles. The lowest BCUT2D eigenvalue weighted by molar-refractivity contribution is 0.293. The molecule has 4 aromatic carbocycles. The number of fused-ring (bicyclic) bond motifs is 1. The van der Waals surface area contributed by atoms with E-state index >= 15 is 8.78 Å². The predicted octanol–water partition coefficient (Wildman–Crippen LogP) is 9.71. The van der Waals surface area contributed by atoms with Gasteiger partial charge in [-0.25, -0.2) is 13.8 Å². The van der Waals surface area contributed by atoms with Crippen LogP contribution in [-0.4, -0.2) is 29.3 Å². The minimum absolute atomic E-state index is 0.0885. The largest absolute Gasteiger partial charge is 0.339 e. The Labute approximate surface area is 304 Å². The predicted molar refractivity (Wildman–Crippen MR) is 200 cm³/mol. The molecule has 0 amide bonds. The second kappa shape index (κ2) is 13.4. The van der Waals surface area contributed by atoms with Gasteiger partial charge < -0.3 is 4.52 Å².